The zero-order valence-corrected chi connectivity index (χ0v) is 23.3. The van der Waals surface area contributed by atoms with Gasteiger partial charge < -0.3 is 15.1 Å². The average Bonchev–Trinajstić information content (AvgIpc) is 2.83. The minimum Gasteiger partial charge on any atom is -0.336 e. The number of rotatable bonds is 4. The average molecular weight is 496 g/mol. The Morgan fingerprint density at radius 1 is 0.750 bits per heavy atom. The SMILES string of the molecule is CC(=O)N1CCCC2=C(C[C@H]3CCC[C@@H](CC4=C5CCCN(C(C)=O)[C@@H]5C[C@H](C)C4)N3)C[C@@H](C)C[C@H]21. The molecule has 5 rings (SSSR count). The first kappa shape index (κ1) is 26.0. The van der Waals surface area contributed by atoms with Crippen molar-refractivity contribution >= 4 is 11.8 Å². The van der Waals surface area contributed by atoms with Gasteiger partial charge in [0.2, 0.25) is 11.8 Å². The molecule has 0 unspecified atom stereocenters. The zero-order valence-electron chi connectivity index (χ0n) is 23.3. The molecule has 36 heavy (non-hydrogen) atoms. The first-order valence-electron chi connectivity index (χ1n) is 15.0. The maximum Gasteiger partial charge on any atom is 0.219 e. The van der Waals surface area contributed by atoms with Gasteiger partial charge >= 0.3 is 0 Å². The minimum absolute atomic E-state index is 0.252. The maximum absolute atomic E-state index is 12.3. The molecule has 200 valence electrons. The third-order valence-electron chi connectivity index (χ3n) is 9.97. The second kappa shape index (κ2) is 11.0. The van der Waals surface area contributed by atoms with Gasteiger partial charge in [-0.3, -0.25) is 9.59 Å². The standard InChI is InChI=1S/C31H49N3O2/c1-20-14-24(28-10-6-12-33(22(3)35)30(28)16-20)18-26-8-5-9-27(32-26)19-25-15-21(2)17-31-29(25)11-7-13-34(31)23(4)36/h20-21,26-27,30-32H,5-19H2,1-4H3/t20-,21-,26-,27+,30-,31-/m1/s1. The van der Waals surface area contributed by atoms with Gasteiger partial charge in [0.15, 0.2) is 0 Å². The molecule has 1 N–H and O–H groups in total. The highest BCUT2D eigenvalue weighted by molar-refractivity contribution is 5.75. The summed E-state index contributed by atoms with van der Waals surface area (Å²) in [6.45, 7) is 10.1. The number of hydrogen-bond donors (Lipinski definition) is 1. The molecule has 3 aliphatic heterocycles. The van der Waals surface area contributed by atoms with Gasteiger partial charge in [-0.2, -0.15) is 0 Å². The van der Waals surface area contributed by atoms with Crippen molar-refractivity contribution in [3.05, 3.63) is 22.3 Å². The largest absolute Gasteiger partial charge is 0.336 e. The lowest BCUT2D eigenvalue weighted by Gasteiger charge is -2.45. The van der Waals surface area contributed by atoms with Gasteiger partial charge in [0.05, 0.1) is 12.1 Å². The van der Waals surface area contributed by atoms with E-state index in [2.05, 4.69) is 29.0 Å². The van der Waals surface area contributed by atoms with Crippen LogP contribution < -0.4 is 5.32 Å². The minimum atomic E-state index is 0.252. The Morgan fingerprint density at radius 2 is 1.19 bits per heavy atom. The Morgan fingerprint density at radius 3 is 1.61 bits per heavy atom. The van der Waals surface area contributed by atoms with Crippen molar-refractivity contribution in [3.8, 4) is 0 Å². The van der Waals surface area contributed by atoms with E-state index in [0.29, 0.717) is 36.0 Å². The Labute approximate surface area is 219 Å². The van der Waals surface area contributed by atoms with Gasteiger partial charge in [0.1, 0.15) is 0 Å². The highest BCUT2D eigenvalue weighted by atomic mass is 16.2. The quantitative estimate of drug-likeness (QED) is 0.505. The van der Waals surface area contributed by atoms with Crippen LogP contribution in [0.4, 0.5) is 0 Å². The smallest absolute Gasteiger partial charge is 0.219 e. The summed E-state index contributed by atoms with van der Waals surface area (Å²) in [6.07, 6.45) is 15.5. The lowest BCUT2D eigenvalue weighted by Crippen LogP contribution is -2.48. The molecule has 0 bridgehead atoms. The fraction of sp³-hybridized carbons (Fsp3) is 0.806. The molecular weight excluding hydrogens is 446 g/mol. The number of nitrogens with one attached hydrogen (secondary N) is 1. The molecule has 3 fully saturated rings. The number of likely N-dealkylation sites (tertiary alicyclic amines) is 2. The molecular formula is C31H49N3O2. The van der Waals surface area contributed by atoms with Crippen molar-refractivity contribution in [1.82, 2.24) is 15.1 Å². The Bertz CT molecular complexity index is 849. The van der Waals surface area contributed by atoms with Gasteiger partial charge in [0, 0.05) is 39.0 Å². The number of nitrogens with zero attached hydrogens (tertiary/aromatic N) is 2. The molecule has 3 saturated heterocycles. The van der Waals surface area contributed by atoms with Gasteiger partial charge in [-0.25, -0.2) is 0 Å². The molecule has 3 heterocycles. The number of carbonyl (C=O) groups excluding carboxylic acids is 2. The van der Waals surface area contributed by atoms with E-state index in [1.165, 1.54) is 57.8 Å². The van der Waals surface area contributed by atoms with Crippen molar-refractivity contribution < 1.29 is 9.59 Å². The summed E-state index contributed by atoms with van der Waals surface area (Å²) in [5.41, 5.74) is 6.55. The second-order valence-electron chi connectivity index (χ2n) is 12.9. The lowest BCUT2D eigenvalue weighted by atomic mass is 9.74. The van der Waals surface area contributed by atoms with Crippen LogP contribution in [0.5, 0.6) is 0 Å². The van der Waals surface area contributed by atoms with Crippen molar-refractivity contribution in [2.24, 2.45) is 11.8 Å². The van der Waals surface area contributed by atoms with Crippen LogP contribution in [0.25, 0.3) is 0 Å². The predicted molar refractivity (Wildman–Crippen MR) is 145 cm³/mol. The van der Waals surface area contributed by atoms with E-state index in [9.17, 15) is 9.59 Å². The summed E-state index contributed by atoms with van der Waals surface area (Å²) < 4.78 is 0. The molecule has 5 aliphatic rings. The Hall–Kier alpha value is -1.62. The van der Waals surface area contributed by atoms with Crippen LogP contribution >= 0.6 is 0 Å². The summed E-state index contributed by atoms with van der Waals surface area (Å²) in [5.74, 6) is 1.83. The molecule has 5 nitrogen and oxygen atoms in total. The van der Waals surface area contributed by atoms with E-state index in [0.717, 1.165) is 38.8 Å². The number of carbonyl (C=O) groups is 2. The molecule has 2 aliphatic carbocycles. The third-order valence-corrected chi connectivity index (χ3v) is 9.97. The monoisotopic (exact) mass is 495 g/mol. The van der Waals surface area contributed by atoms with Gasteiger partial charge in [-0.15, -0.1) is 0 Å². The van der Waals surface area contributed by atoms with Crippen molar-refractivity contribution in [3.63, 3.8) is 0 Å². The van der Waals surface area contributed by atoms with Crippen LogP contribution in [0.2, 0.25) is 0 Å². The van der Waals surface area contributed by atoms with E-state index in [1.807, 2.05) is 0 Å². The summed E-state index contributed by atoms with van der Waals surface area (Å²) >= 11 is 0. The Balaban J connectivity index is 1.29. The Kier molecular flexibility index (Phi) is 7.95. The first-order valence-corrected chi connectivity index (χ1v) is 15.0. The topological polar surface area (TPSA) is 52.7 Å². The molecule has 6 atom stereocenters. The summed E-state index contributed by atoms with van der Waals surface area (Å²) in [6, 6.07) is 1.84. The van der Waals surface area contributed by atoms with E-state index >= 15 is 0 Å². The molecule has 5 heteroatoms. The fourth-order valence-electron chi connectivity index (χ4n) is 8.51. The summed E-state index contributed by atoms with van der Waals surface area (Å²) in [5, 5.41) is 4.11. The molecule has 0 aromatic carbocycles. The van der Waals surface area contributed by atoms with Crippen LogP contribution in [0.15, 0.2) is 22.3 Å². The molecule has 0 spiro atoms. The molecule has 0 radical (unpaired) electrons. The number of fused-ring (bicyclic) bond motifs is 2. The van der Waals surface area contributed by atoms with E-state index in [-0.39, 0.29) is 11.8 Å². The fourth-order valence-corrected chi connectivity index (χ4v) is 8.51. The third kappa shape index (κ3) is 5.47. The number of amides is 2. The van der Waals surface area contributed by atoms with Crippen LogP contribution in [0, 0.1) is 11.8 Å². The molecule has 0 aromatic heterocycles. The first-order chi connectivity index (χ1) is 17.3. The number of piperidine rings is 3. The van der Waals surface area contributed by atoms with E-state index < -0.39 is 0 Å². The van der Waals surface area contributed by atoms with Gasteiger partial charge in [0.25, 0.3) is 0 Å². The zero-order chi connectivity index (χ0) is 25.4. The van der Waals surface area contributed by atoms with Crippen LogP contribution in [-0.2, 0) is 9.59 Å². The van der Waals surface area contributed by atoms with Crippen LogP contribution in [0.3, 0.4) is 0 Å². The van der Waals surface area contributed by atoms with Crippen molar-refractivity contribution in [1.29, 1.82) is 0 Å². The van der Waals surface area contributed by atoms with Gasteiger partial charge in [-0.05, 0) is 100 Å². The molecule has 2 amide bonds. The van der Waals surface area contributed by atoms with Crippen molar-refractivity contribution in [2.75, 3.05) is 13.1 Å². The maximum atomic E-state index is 12.3. The van der Waals surface area contributed by atoms with Crippen LogP contribution in [-0.4, -0.2) is 58.9 Å². The van der Waals surface area contributed by atoms with Crippen LogP contribution in [0.1, 0.15) is 111 Å². The normalized spacial score (nSPS) is 35.4. The van der Waals surface area contributed by atoms with E-state index in [4.69, 9.17) is 0 Å². The van der Waals surface area contributed by atoms with Crippen molar-refractivity contribution in [2.45, 2.75) is 135 Å². The predicted octanol–water partition coefficient (Wildman–Crippen LogP) is 5.75. The van der Waals surface area contributed by atoms with Gasteiger partial charge in [-0.1, -0.05) is 31.4 Å². The molecule has 0 aromatic rings. The number of hydrogen-bond acceptors (Lipinski definition) is 3. The second-order valence-corrected chi connectivity index (χ2v) is 12.9. The lowest BCUT2D eigenvalue weighted by molar-refractivity contribution is -0.132. The summed E-state index contributed by atoms with van der Waals surface area (Å²) in [4.78, 5) is 29.0. The summed E-state index contributed by atoms with van der Waals surface area (Å²) in [7, 11) is 0. The molecule has 0 saturated carbocycles. The highest BCUT2D eigenvalue weighted by Gasteiger charge is 2.38. The highest BCUT2D eigenvalue weighted by Crippen LogP contribution is 2.42. The van der Waals surface area contributed by atoms with E-state index in [1.54, 1.807) is 36.1 Å².